The summed E-state index contributed by atoms with van der Waals surface area (Å²) in [5.41, 5.74) is 0. The van der Waals surface area contributed by atoms with Crippen LogP contribution in [0.25, 0.3) is 0 Å². The van der Waals surface area contributed by atoms with Crippen LogP contribution >= 0.6 is 15.9 Å². The van der Waals surface area contributed by atoms with Crippen molar-refractivity contribution in [1.29, 1.82) is 0 Å². The largest absolute Gasteiger partial charge is 0.377 e. The Morgan fingerprint density at radius 1 is 1.40 bits per heavy atom. The quantitative estimate of drug-likeness (QED) is 0.632. The predicted octanol–water partition coefficient (Wildman–Crippen LogP) is 2.73. The number of halogens is 1. The second-order valence-electron chi connectivity index (χ2n) is 2.79. The van der Waals surface area contributed by atoms with E-state index in [1.165, 1.54) is 25.7 Å². The number of alkyl halides is 1. The average Bonchev–Trinajstić information content (AvgIpc) is 1.94. The second kappa shape index (κ2) is 4.35. The van der Waals surface area contributed by atoms with Gasteiger partial charge in [0, 0.05) is 11.4 Å². The third-order valence-corrected chi connectivity index (χ3v) is 3.05. The Kier molecular flexibility index (Phi) is 3.71. The predicted molar refractivity (Wildman–Crippen MR) is 46.6 cm³/mol. The van der Waals surface area contributed by atoms with E-state index in [4.69, 9.17) is 4.74 Å². The fraction of sp³-hybridized carbons (Fsp3) is 1.00. The summed E-state index contributed by atoms with van der Waals surface area (Å²) < 4.78 is 5.55. The standard InChI is InChI=1S/C8H15BrO/c1-2-10-8-6-4-3-5-7(8)9/h7-8H,2-6H2,1H3. The van der Waals surface area contributed by atoms with Crippen molar-refractivity contribution < 1.29 is 4.74 Å². The molecule has 1 saturated carbocycles. The van der Waals surface area contributed by atoms with Gasteiger partial charge in [0.25, 0.3) is 0 Å². The molecule has 0 heterocycles. The van der Waals surface area contributed by atoms with Gasteiger partial charge in [-0.15, -0.1) is 0 Å². The zero-order valence-electron chi connectivity index (χ0n) is 6.48. The molecule has 0 amide bonds. The van der Waals surface area contributed by atoms with E-state index in [0.717, 1.165) is 6.61 Å². The molecule has 1 nitrogen and oxygen atoms in total. The Hall–Kier alpha value is 0.440. The second-order valence-corrected chi connectivity index (χ2v) is 3.97. The Bertz CT molecular complexity index is 93.3. The van der Waals surface area contributed by atoms with Gasteiger partial charge in [0.15, 0.2) is 0 Å². The SMILES string of the molecule is CCOC1CCCCC1Br. The van der Waals surface area contributed by atoms with Gasteiger partial charge < -0.3 is 4.74 Å². The minimum absolute atomic E-state index is 0.485. The number of ether oxygens (including phenoxy) is 1. The molecule has 0 bridgehead atoms. The van der Waals surface area contributed by atoms with Crippen LogP contribution in [0.15, 0.2) is 0 Å². The smallest absolute Gasteiger partial charge is 0.0699 e. The summed E-state index contributed by atoms with van der Waals surface area (Å²) in [5.74, 6) is 0. The Morgan fingerprint density at radius 3 is 2.70 bits per heavy atom. The molecule has 0 N–H and O–H groups in total. The molecule has 1 rings (SSSR count). The molecule has 1 aliphatic carbocycles. The Labute approximate surface area is 71.3 Å². The minimum atomic E-state index is 0.485. The normalized spacial score (nSPS) is 34.2. The zero-order valence-corrected chi connectivity index (χ0v) is 8.06. The van der Waals surface area contributed by atoms with E-state index >= 15 is 0 Å². The van der Waals surface area contributed by atoms with Gasteiger partial charge in [-0.3, -0.25) is 0 Å². The van der Waals surface area contributed by atoms with Crippen LogP contribution in [0.2, 0.25) is 0 Å². The van der Waals surface area contributed by atoms with Crippen molar-refractivity contribution in [3.8, 4) is 0 Å². The topological polar surface area (TPSA) is 9.23 Å². The first-order valence-corrected chi connectivity index (χ1v) is 5.02. The van der Waals surface area contributed by atoms with E-state index in [2.05, 4.69) is 22.9 Å². The van der Waals surface area contributed by atoms with Crippen molar-refractivity contribution >= 4 is 15.9 Å². The van der Waals surface area contributed by atoms with Crippen molar-refractivity contribution in [2.75, 3.05) is 6.61 Å². The summed E-state index contributed by atoms with van der Waals surface area (Å²) in [6, 6.07) is 0. The summed E-state index contributed by atoms with van der Waals surface area (Å²) >= 11 is 3.63. The third kappa shape index (κ3) is 2.24. The highest BCUT2D eigenvalue weighted by atomic mass is 79.9. The molecule has 2 heteroatoms. The van der Waals surface area contributed by atoms with Crippen LogP contribution < -0.4 is 0 Å². The van der Waals surface area contributed by atoms with Crippen LogP contribution in [0.5, 0.6) is 0 Å². The minimum Gasteiger partial charge on any atom is -0.377 e. The maximum atomic E-state index is 5.55. The molecule has 60 valence electrons. The van der Waals surface area contributed by atoms with Crippen LogP contribution in [-0.4, -0.2) is 17.5 Å². The van der Waals surface area contributed by atoms with Gasteiger partial charge in [-0.25, -0.2) is 0 Å². The number of rotatable bonds is 2. The van der Waals surface area contributed by atoms with Gasteiger partial charge in [0.2, 0.25) is 0 Å². The first-order valence-electron chi connectivity index (χ1n) is 4.10. The van der Waals surface area contributed by atoms with E-state index in [1.807, 2.05) is 0 Å². The first-order chi connectivity index (χ1) is 4.84. The van der Waals surface area contributed by atoms with E-state index in [9.17, 15) is 0 Å². The molecule has 0 saturated heterocycles. The first kappa shape index (κ1) is 8.54. The van der Waals surface area contributed by atoms with Crippen LogP contribution in [0.4, 0.5) is 0 Å². The fourth-order valence-electron chi connectivity index (χ4n) is 1.45. The Balaban J connectivity index is 2.25. The van der Waals surface area contributed by atoms with Crippen LogP contribution in [0, 0.1) is 0 Å². The van der Waals surface area contributed by atoms with Crippen molar-refractivity contribution in [3.63, 3.8) is 0 Å². The van der Waals surface area contributed by atoms with Crippen LogP contribution in [0.3, 0.4) is 0 Å². The van der Waals surface area contributed by atoms with Crippen LogP contribution in [0.1, 0.15) is 32.6 Å². The van der Waals surface area contributed by atoms with Crippen molar-refractivity contribution in [1.82, 2.24) is 0 Å². The maximum Gasteiger partial charge on any atom is 0.0699 e. The maximum absolute atomic E-state index is 5.55. The van der Waals surface area contributed by atoms with E-state index in [1.54, 1.807) is 0 Å². The molecule has 2 unspecified atom stereocenters. The van der Waals surface area contributed by atoms with Crippen molar-refractivity contribution in [2.24, 2.45) is 0 Å². The highest BCUT2D eigenvalue weighted by Gasteiger charge is 2.22. The molecule has 0 aromatic heterocycles. The van der Waals surface area contributed by atoms with Gasteiger partial charge in [-0.05, 0) is 19.8 Å². The van der Waals surface area contributed by atoms with Crippen molar-refractivity contribution in [3.05, 3.63) is 0 Å². The molecule has 1 aliphatic rings. The van der Waals surface area contributed by atoms with Gasteiger partial charge in [-0.1, -0.05) is 28.8 Å². The molecule has 1 fully saturated rings. The van der Waals surface area contributed by atoms with E-state index in [-0.39, 0.29) is 0 Å². The summed E-state index contributed by atoms with van der Waals surface area (Å²) in [5, 5.41) is 0. The Morgan fingerprint density at radius 2 is 2.10 bits per heavy atom. The number of hydrogen-bond acceptors (Lipinski definition) is 1. The summed E-state index contributed by atoms with van der Waals surface area (Å²) in [6.45, 7) is 2.92. The summed E-state index contributed by atoms with van der Waals surface area (Å²) in [6.07, 6.45) is 5.71. The lowest BCUT2D eigenvalue weighted by molar-refractivity contribution is 0.0430. The van der Waals surface area contributed by atoms with Crippen LogP contribution in [-0.2, 0) is 4.74 Å². The summed E-state index contributed by atoms with van der Waals surface area (Å²) in [7, 11) is 0. The highest BCUT2D eigenvalue weighted by molar-refractivity contribution is 9.09. The van der Waals surface area contributed by atoms with E-state index < -0.39 is 0 Å². The molecule has 0 aromatic rings. The van der Waals surface area contributed by atoms with Gasteiger partial charge in [0.1, 0.15) is 0 Å². The molecule has 0 spiro atoms. The van der Waals surface area contributed by atoms with Gasteiger partial charge in [-0.2, -0.15) is 0 Å². The molecule has 0 aromatic carbocycles. The third-order valence-electron chi connectivity index (χ3n) is 2.00. The molecular weight excluding hydrogens is 192 g/mol. The molecule has 2 atom stereocenters. The highest BCUT2D eigenvalue weighted by Crippen LogP contribution is 2.26. The van der Waals surface area contributed by atoms with Gasteiger partial charge >= 0.3 is 0 Å². The molecule has 0 aliphatic heterocycles. The lowest BCUT2D eigenvalue weighted by atomic mass is 9.98. The van der Waals surface area contributed by atoms with Gasteiger partial charge in [0.05, 0.1) is 6.10 Å². The molecule has 0 radical (unpaired) electrons. The lowest BCUT2D eigenvalue weighted by Gasteiger charge is -2.26. The fourth-order valence-corrected chi connectivity index (χ4v) is 2.19. The number of hydrogen-bond donors (Lipinski definition) is 0. The lowest BCUT2D eigenvalue weighted by Crippen LogP contribution is -2.27. The zero-order chi connectivity index (χ0) is 7.40. The van der Waals surface area contributed by atoms with E-state index in [0.29, 0.717) is 10.9 Å². The van der Waals surface area contributed by atoms with Crippen molar-refractivity contribution in [2.45, 2.75) is 43.5 Å². The summed E-state index contributed by atoms with van der Waals surface area (Å²) in [4.78, 5) is 0.612. The average molecular weight is 207 g/mol. The molecular formula is C8H15BrO. The molecule has 10 heavy (non-hydrogen) atoms. The monoisotopic (exact) mass is 206 g/mol.